The summed E-state index contributed by atoms with van der Waals surface area (Å²) in [6, 6.07) is 15.2. The lowest BCUT2D eigenvalue weighted by Crippen LogP contribution is -2.45. The molecule has 1 fully saturated rings. The van der Waals surface area contributed by atoms with Crippen molar-refractivity contribution in [1.29, 1.82) is 0 Å². The highest BCUT2D eigenvalue weighted by atomic mass is 32.3. The second-order valence-electron chi connectivity index (χ2n) is 11.4. The molecule has 2 N–H and O–H groups in total. The van der Waals surface area contributed by atoms with Crippen molar-refractivity contribution >= 4 is 31.9 Å². The van der Waals surface area contributed by atoms with Gasteiger partial charge < -0.3 is 20.1 Å². The van der Waals surface area contributed by atoms with Gasteiger partial charge in [0.15, 0.2) is 13.2 Å². The van der Waals surface area contributed by atoms with Crippen molar-refractivity contribution < 1.29 is 19.1 Å². The first kappa shape index (κ1) is 31.3. The predicted molar refractivity (Wildman–Crippen MR) is 171 cm³/mol. The molecule has 2 aromatic rings. The zero-order valence-electron chi connectivity index (χ0n) is 24.5. The van der Waals surface area contributed by atoms with Gasteiger partial charge in [0.25, 0.3) is 11.8 Å². The molecule has 0 heterocycles. The summed E-state index contributed by atoms with van der Waals surface area (Å²) < 4.78 is 11.3. The van der Waals surface area contributed by atoms with Crippen LogP contribution in [0.25, 0.3) is 0 Å². The summed E-state index contributed by atoms with van der Waals surface area (Å²) in [6.07, 6.45) is 16.1. The summed E-state index contributed by atoms with van der Waals surface area (Å²) >= 11 is 0. The van der Waals surface area contributed by atoms with Gasteiger partial charge in [-0.05, 0) is 122 Å². The van der Waals surface area contributed by atoms with Crippen LogP contribution < -0.4 is 20.1 Å². The van der Waals surface area contributed by atoms with Crippen molar-refractivity contribution in [2.24, 2.45) is 0 Å². The number of benzene rings is 2. The Labute approximate surface area is 243 Å². The van der Waals surface area contributed by atoms with Crippen molar-refractivity contribution in [3.8, 4) is 33.8 Å². The Bertz CT molecular complexity index is 1160. The molecular weight excluding hydrogens is 540 g/mol. The molecule has 1 aliphatic carbocycles. The molecule has 2 amide bonds. The van der Waals surface area contributed by atoms with Gasteiger partial charge in [-0.3, -0.25) is 9.59 Å². The van der Waals surface area contributed by atoms with Crippen LogP contribution >= 0.6 is 20.1 Å². The summed E-state index contributed by atoms with van der Waals surface area (Å²) in [4.78, 5) is 24.8. The molecule has 8 heteroatoms. The van der Waals surface area contributed by atoms with E-state index in [4.69, 9.17) is 9.47 Å². The van der Waals surface area contributed by atoms with Gasteiger partial charge in [0.05, 0.1) is 0 Å². The minimum atomic E-state index is -0.872. The van der Waals surface area contributed by atoms with Crippen LogP contribution in [0.1, 0.15) is 36.8 Å². The summed E-state index contributed by atoms with van der Waals surface area (Å²) in [5.74, 6) is 7.37. The number of hydrogen-bond acceptors (Lipinski definition) is 4. The lowest BCUT2D eigenvalue weighted by Gasteiger charge is -2.29. The van der Waals surface area contributed by atoms with E-state index in [1.807, 2.05) is 48.5 Å². The average Bonchev–Trinajstić information content (AvgIpc) is 2.90. The Hall–Kier alpha value is -3.20. The van der Waals surface area contributed by atoms with Crippen LogP contribution in [-0.4, -0.2) is 74.6 Å². The third-order valence-electron chi connectivity index (χ3n) is 5.91. The number of carbonyl (C=O) groups is 2. The average molecular weight is 583 g/mol. The minimum absolute atomic E-state index is 0.0314. The van der Waals surface area contributed by atoms with E-state index in [1.54, 1.807) is 0 Å². The van der Waals surface area contributed by atoms with Gasteiger partial charge in [0, 0.05) is 23.2 Å². The smallest absolute Gasteiger partial charge is 0.258 e. The fourth-order valence-electron chi connectivity index (χ4n) is 3.91. The summed E-state index contributed by atoms with van der Waals surface area (Å²) in [7, 11) is -1.74. The van der Waals surface area contributed by atoms with Crippen LogP contribution in [0.5, 0.6) is 11.5 Å². The molecule has 0 spiro atoms. The fraction of sp³-hybridized carbons (Fsp3) is 0.438. The van der Waals surface area contributed by atoms with Gasteiger partial charge in [-0.25, -0.2) is 0 Å². The van der Waals surface area contributed by atoms with Gasteiger partial charge in [-0.2, -0.15) is 20.1 Å². The molecule has 1 aliphatic rings. The second-order valence-corrected chi connectivity index (χ2v) is 19.2. The van der Waals surface area contributed by atoms with E-state index in [0.29, 0.717) is 11.5 Å². The van der Waals surface area contributed by atoms with Crippen molar-refractivity contribution in [2.75, 3.05) is 50.7 Å². The molecule has 0 atom stereocenters. The second kappa shape index (κ2) is 14.4. The number of nitrogens with one attached hydrogen (secondary N) is 2. The van der Waals surface area contributed by atoms with Crippen molar-refractivity contribution in [2.45, 2.75) is 37.8 Å². The molecular formula is C32H42N2O4S2. The Morgan fingerprint density at radius 2 is 0.975 bits per heavy atom. The maximum absolute atomic E-state index is 12.4. The number of carbonyl (C=O) groups excluding carboxylic acids is 2. The highest BCUT2D eigenvalue weighted by Crippen LogP contribution is 2.33. The van der Waals surface area contributed by atoms with Crippen LogP contribution in [0.2, 0.25) is 0 Å². The van der Waals surface area contributed by atoms with E-state index in [1.165, 1.54) is 0 Å². The maximum Gasteiger partial charge on any atom is 0.258 e. The van der Waals surface area contributed by atoms with Gasteiger partial charge in [0.2, 0.25) is 0 Å². The molecule has 2 aromatic carbocycles. The number of rotatable bonds is 8. The van der Waals surface area contributed by atoms with Crippen LogP contribution in [-0.2, 0) is 9.59 Å². The van der Waals surface area contributed by atoms with Gasteiger partial charge >= 0.3 is 0 Å². The van der Waals surface area contributed by atoms with Gasteiger partial charge in [-0.15, -0.1) is 0 Å². The van der Waals surface area contributed by atoms with Gasteiger partial charge in [0.1, 0.15) is 11.5 Å². The molecule has 0 aliphatic heterocycles. The Balaban J connectivity index is 1.32. The van der Waals surface area contributed by atoms with E-state index >= 15 is 0 Å². The van der Waals surface area contributed by atoms with E-state index in [0.717, 1.165) is 36.8 Å². The third-order valence-corrected chi connectivity index (χ3v) is 7.34. The molecule has 6 nitrogen and oxygen atoms in total. The lowest BCUT2D eigenvalue weighted by molar-refractivity contribution is -0.125. The van der Waals surface area contributed by atoms with Crippen molar-refractivity contribution in [1.82, 2.24) is 10.6 Å². The van der Waals surface area contributed by atoms with E-state index in [9.17, 15) is 9.59 Å². The zero-order chi connectivity index (χ0) is 29.2. The SMILES string of the molecule is CS(C)(C)C#Cc1ccc(OCC(=O)N[C@H]2CC[C@H](NC(=O)COc3ccc(C#CS(C)(C)C)cc3)CC2)cc1. The quantitative estimate of drug-likeness (QED) is 0.443. The van der Waals surface area contributed by atoms with E-state index in [2.05, 4.69) is 70.5 Å². The first-order chi connectivity index (χ1) is 18.8. The Kier molecular flexibility index (Phi) is 11.3. The molecule has 0 radical (unpaired) electrons. The maximum atomic E-state index is 12.4. The van der Waals surface area contributed by atoms with Crippen molar-refractivity contribution in [3.05, 3.63) is 59.7 Å². The summed E-state index contributed by atoms with van der Waals surface area (Å²) in [6.45, 7) is -0.0628. The summed E-state index contributed by atoms with van der Waals surface area (Å²) in [5.41, 5.74) is 1.87. The molecule has 0 aromatic heterocycles. The fourth-order valence-corrected chi connectivity index (χ4v) is 4.76. The number of ether oxygens (including phenoxy) is 2. The van der Waals surface area contributed by atoms with Gasteiger partial charge in [-0.1, -0.05) is 11.8 Å². The predicted octanol–water partition coefficient (Wildman–Crippen LogP) is 4.69. The third kappa shape index (κ3) is 12.3. The highest BCUT2D eigenvalue weighted by Gasteiger charge is 2.23. The van der Waals surface area contributed by atoms with Crippen LogP contribution in [0, 0.1) is 22.3 Å². The molecule has 40 heavy (non-hydrogen) atoms. The van der Waals surface area contributed by atoms with Crippen LogP contribution in [0.15, 0.2) is 48.5 Å². The monoisotopic (exact) mass is 582 g/mol. The standard InChI is InChI=1S/C32H42N2O4S2/c1-39(2,3)21-19-25-7-15-29(16-8-25)37-23-31(35)33-27-11-13-28(14-12-27)34-32(36)24-38-30-17-9-26(10-18-30)20-22-40(4,5)6/h7-10,15-18,27-28H,11-14,23-24H2,1-6H3,(H,33,35)(H,34,36)/t27-,28-. The first-order valence-electron chi connectivity index (χ1n) is 13.3. The molecule has 0 bridgehead atoms. The number of amides is 2. The molecule has 0 unspecified atom stereocenters. The minimum Gasteiger partial charge on any atom is -0.484 e. The Morgan fingerprint density at radius 1 is 0.650 bits per heavy atom. The lowest BCUT2D eigenvalue weighted by atomic mass is 9.91. The largest absolute Gasteiger partial charge is 0.484 e. The van der Waals surface area contributed by atoms with Crippen LogP contribution in [0.4, 0.5) is 0 Å². The van der Waals surface area contributed by atoms with E-state index in [-0.39, 0.29) is 37.1 Å². The normalized spacial score (nSPS) is 17.6. The first-order valence-corrected chi connectivity index (χ1v) is 19.0. The molecule has 3 rings (SSSR count). The zero-order valence-corrected chi connectivity index (χ0v) is 26.1. The van der Waals surface area contributed by atoms with E-state index < -0.39 is 20.1 Å². The number of hydrogen-bond donors (Lipinski definition) is 2. The van der Waals surface area contributed by atoms with Crippen molar-refractivity contribution in [3.63, 3.8) is 0 Å². The molecule has 216 valence electrons. The Morgan fingerprint density at radius 3 is 1.27 bits per heavy atom. The topological polar surface area (TPSA) is 76.7 Å². The molecule has 1 saturated carbocycles. The summed E-state index contributed by atoms with van der Waals surface area (Å²) in [5, 5.41) is 12.7. The van der Waals surface area contributed by atoms with Crippen LogP contribution in [0.3, 0.4) is 0 Å². The molecule has 0 saturated heterocycles. The highest BCUT2D eigenvalue weighted by molar-refractivity contribution is 8.36.